The second-order valence-corrected chi connectivity index (χ2v) is 5.85. The van der Waals surface area contributed by atoms with Crippen LogP contribution in [-0.2, 0) is 0 Å². The minimum atomic E-state index is -0.142. The highest BCUT2D eigenvalue weighted by atomic mass is 79.9. The summed E-state index contributed by atoms with van der Waals surface area (Å²) >= 11 is 3.20. The van der Waals surface area contributed by atoms with Crippen LogP contribution < -0.4 is 5.32 Å². The van der Waals surface area contributed by atoms with Gasteiger partial charge in [0, 0.05) is 17.5 Å². The second kappa shape index (κ2) is 5.29. The lowest BCUT2D eigenvalue weighted by atomic mass is 10.1. The normalized spacial score (nSPS) is 20.4. The maximum Gasteiger partial charge on any atom is 0.251 e. The number of aromatic hydroxyl groups is 1. The van der Waals surface area contributed by atoms with Crippen molar-refractivity contribution < 1.29 is 9.90 Å². The van der Waals surface area contributed by atoms with Gasteiger partial charge in [-0.15, -0.1) is 0 Å². The third-order valence-corrected chi connectivity index (χ3v) is 4.21. The van der Waals surface area contributed by atoms with Gasteiger partial charge in [-0.2, -0.15) is 0 Å². The maximum atomic E-state index is 12.1. The van der Waals surface area contributed by atoms with Gasteiger partial charge in [0.05, 0.1) is 4.47 Å². The van der Waals surface area contributed by atoms with Crippen molar-refractivity contribution in [2.24, 2.45) is 0 Å². The van der Waals surface area contributed by atoms with E-state index >= 15 is 0 Å². The Balaban J connectivity index is 1.65. The number of hydrogen-bond donors (Lipinski definition) is 2. The van der Waals surface area contributed by atoms with Crippen LogP contribution in [0.4, 0.5) is 0 Å². The molecule has 0 bridgehead atoms. The largest absolute Gasteiger partial charge is 0.507 e. The molecular weight excluding hydrogens is 318 g/mol. The van der Waals surface area contributed by atoms with Crippen LogP contribution in [0.3, 0.4) is 0 Å². The molecule has 0 aliphatic heterocycles. The predicted molar refractivity (Wildman–Crippen MR) is 80.9 cm³/mol. The third-order valence-electron chi connectivity index (χ3n) is 3.54. The smallest absolute Gasteiger partial charge is 0.251 e. The van der Waals surface area contributed by atoms with Crippen LogP contribution in [0.2, 0.25) is 0 Å². The summed E-state index contributed by atoms with van der Waals surface area (Å²) in [6, 6.07) is 15.2. The quantitative estimate of drug-likeness (QED) is 0.905. The maximum absolute atomic E-state index is 12.1. The van der Waals surface area contributed by atoms with Crippen molar-refractivity contribution in [1.82, 2.24) is 5.32 Å². The number of carbonyl (C=O) groups excluding carboxylic acids is 1. The molecule has 102 valence electrons. The van der Waals surface area contributed by atoms with Crippen molar-refractivity contribution >= 4 is 21.8 Å². The fourth-order valence-electron chi connectivity index (χ4n) is 2.33. The molecule has 1 saturated carbocycles. The predicted octanol–water partition coefficient (Wildman–Crippen LogP) is 3.44. The number of carbonyl (C=O) groups is 1. The molecule has 2 aromatic rings. The third kappa shape index (κ3) is 2.70. The van der Waals surface area contributed by atoms with Crippen LogP contribution in [-0.4, -0.2) is 17.1 Å². The highest BCUT2D eigenvalue weighted by molar-refractivity contribution is 9.10. The minimum Gasteiger partial charge on any atom is -0.507 e. The number of rotatable bonds is 3. The summed E-state index contributed by atoms with van der Waals surface area (Å²) in [6.45, 7) is 0. The van der Waals surface area contributed by atoms with Crippen molar-refractivity contribution in [1.29, 1.82) is 0 Å². The Morgan fingerprint density at radius 2 is 1.95 bits per heavy atom. The lowest BCUT2D eigenvalue weighted by molar-refractivity contribution is 0.0950. The van der Waals surface area contributed by atoms with E-state index in [-0.39, 0.29) is 17.7 Å². The number of phenolic OH excluding ortho intramolecular Hbond substituents is 1. The molecule has 2 N–H and O–H groups in total. The van der Waals surface area contributed by atoms with E-state index in [1.54, 1.807) is 12.1 Å². The van der Waals surface area contributed by atoms with E-state index in [2.05, 4.69) is 33.4 Å². The summed E-state index contributed by atoms with van der Waals surface area (Å²) in [5, 5.41) is 12.6. The monoisotopic (exact) mass is 331 g/mol. The van der Waals surface area contributed by atoms with Crippen molar-refractivity contribution in [2.45, 2.75) is 18.4 Å². The highest BCUT2D eigenvalue weighted by Crippen LogP contribution is 2.40. The summed E-state index contributed by atoms with van der Waals surface area (Å²) < 4.78 is 0.586. The molecule has 1 aliphatic carbocycles. The Bertz CT molecular complexity index is 642. The van der Waals surface area contributed by atoms with Crippen molar-refractivity contribution in [2.75, 3.05) is 0 Å². The van der Waals surface area contributed by atoms with Gasteiger partial charge < -0.3 is 10.4 Å². The molecule has 4 heteroatoms. The van der Waals surface area contributed by atoms with E-state index in [1.165, 1.54) is 11.6 Å². The van der Waals surface area contributed by atoms with Crippen molar-refractivity contribution in [3.8, 4) is 5.75 Å². The van der Waals surface area contributed by atoms with Crippen LogP contribution in [0.5, 0.6) is 5.75 Å². The van der Waals surface area contributed by atoms with E-state index in [0.717, 1.165) is 6.42 Å². The molecule has 2 atom stereocenters. The lowest BCUT2D eigenvalue weighted by Gasteiger charge is -2.06. The molecule has 0 aromatic heterocycles. The van der Waals surface area contributed by atoms with E-state index in [4.69, 9.17) is 0 Å². The molecule has 20 heavy (non-hydrogen) atoms. The van der Waals surface area contributed by atoms with Gasteiger partial charge in [0.25, 0.3) is 5.91 Å². The van der Waals surface area contributed by atoms with Gasteiger partial charge >= 0.3 is 0 Å². The Hall–Kier alpha value is -1.81. The first-order valence-electron chi connectivity index (χ1n) is 6.49. The first kappa shape index (κ1) is 13.2. The standard InChI is InChI=1S/C16H14BrNO2/c17-13-7-6-11(8-15(13)19)16(20)18-14-9-12(14)10-4-2-1-3-5-10/h1-8,12,14,19H,9H2,(H,18,20). The van der Waals surface area contributed by atoms with Gasteiger partial charge in [-0.1, -0.05) is 30.3 Å². The number of nitrogens with one attached hydrogen (secondary N) is 1. The average molecular weight is 332 g/mol. The lowest BCUT2D eigenvalue weighted by Crippen LogP contribution is -2.26. The minimum absolute atomic E-state index is 0.0769. The highest BCUT2D eigenvalue weighted by Gasteiger charge is 2.39. The molecule has 0 heterocycles. The molecule has 0 radical (unpaired) electrons. The van der Waals surface area contributed by atoms with Crippen LogP contribution in [0.25, 0.3) is 0 Å². The van der Waals surface area contributed by atoms with Crippen LogP contribution in [0.15, 0.2) is 53.0 Å². The second-order valence-electron chi connectivity index (χ2n) is 5.00. The molecule has 2 aromatic carbocycles. The summed E-state index contributed by atoms with van der Waals surface area (Å²) in [5.74, 6) is 0.341. The molecule has 3 nitrogen and oxygen atoms in total. The number of phenols is 1. The van der Waals surface area contributed by atoms with E-state index in [1.807, 2.05) is 18.2 Å². The molecule has 2 unspecified atom stereocenters. The van der Waals surface area contributed by atoms with Crippen LogP contribution in [0.1, 0.15) is 28.3 Å². The molecule has 0 spiro atoms. The summed E-state index contributed by atoms with van der Waals surface area (Å²) in [5.41, 5.74) is 1.74. The molecule has 3 rings (SSSR count). The van der Waals surface area contributed by atoms with Gasteiger partial charge in [0.1, 0.15) is 5.75 Å². The Labute approximate surface area is 125 Å². The topological polar surface area (TPSA) is 49.3 Å². The Morgan fingerprint density at radius 3 is 2.65 bits per heavy atom. The molecule has 1 aliphatic rings. The summed E-state index contributed by atoms with van der Waals surface area (Å²) in [7, 11) is 0. The molecule has 0 saturated heterocycles. The summed E-state index contributed by atoms with van der Waals surface area (Å²) in [6.07, 6.45) is 0.970. The number of amides is 1. The Kier molecular flexibility index (Phi) is 3.49. The van der Waals surface area contributed by atoms with Gasteiger partial charge in [-0.05, 0) is 46.1 Å². The number of hydrogen-bond acceptors (Lipinski definition) is 2. The van der Waals surface area contributed by atoms with E-state index in [9.17, 15) is 9.90 Å². The fourth-order valence-corrected chi connectivity index (χ4v) is 2.58. The van der Waals surface area contributed by atoms with Gasteiger partial charge in [-0.3, -0.25) is 4.79 Å². The number of halogens is 1. The van der Waals surface area contributed by atoms with Gasteiger partial charge in [-0.25, -0.2) is 0 Å². The first-order chi connectivity index (χ1) is 9.65. The van der Waals surface area contributed by atoms with E-state index in [0.29, 0.717) is 16.0 Å². The van der Waals surface area contributed by atoms with E-state index < -0.39 is 0 Å². The Morgan fingerprint density at radius 1 is 1.20 bits per heavy atom. The zero-order chi connectivity index (χ0) is 14.1. The zero-order valence-corrected chi connectivity index (χ0v) is 12.3. The molecule has 1 amide bonds. The molecule has 1 fully saturated rings. The fraction of sp³-hybridized carbons (Fsp3) is 0.188. The first-order valence-corrected chi connectivity index (χ1v) is 7.29. The van der Waals surface area contributed by atoms with Crippen molar-refractivity contribution in [3.63, 3.8) is 0 Å². The van der Waals surface area contributed by atoms with Crippen LogP contribution in [0, 0.1) is 0 Å². The molecular formula is C16H14BrNO2. The van der Waals surface area contributed by atoms with Crippen LogP contribution >= 0.6 is 15.9 Å². The van der Waals surface area contributed by atoms with Gasteiger partial charge in [0.15, 0.2) is 0 Å². The van der Waals surface area contributed by atoms with Gasteiger partial charge in [0.2, 0.25) is 0 Å². The number of benzene rings is 2. The SMILES string of the molecule is O=C(NC1CC1c1ccccc1)c1ccc(Br)c(O)c1. The zero-order valence-electron chi connectivity index (χ0n) is 10.7. The average Bonchev–Trinajstić information content (AvgIpc) is 3.22. The van der Waals surface area contributed by atoms with Crippen molar-refractivity contribution in [3.05, 3.63) is 64.1 Å². The summed E-state index contributed by atoms with van der Waals surface area (Å²) in [4.78, 5) is 12.1.